The summed E-state index contributed by atoms with van der Waals surface area (Å²) in [4.78, 5) is 31.0. The predicted molar refractivity (Wildman–Crippen MR) is 297 cm³/mol. The van der Waals surface area contributed by atoms with Gasteiger partial charge in [-0.15, -0.1) is 0 Å². The van der Waals surface area contributed by atoms with E-state index in [2.05, 4.69) is 48.1 Å². The molecule has 1 fully saturated rings. The molecule has 0 radical (unpaired) electrons. The first-order chi connectivity index (χ1) is 34.1. The topological polar surface area (TPSA) is 146 Å². The average molecular weight is 994 g/mol. The molecule has 10 heteroatoms. The molecule has 0 bridgehead atoms. The molecular formula is C60H120N4O6. The number of aliphatic hydroxyl groups excluding tert-OH is 4. The van der Waals surface area contributed by atoms with Crippen molar-refractivity contribution in [3.63, 3.8) is 0 Å². The van der Waals surface area contributed by atoms with E-state index in [4.69, 9.17) is 0 Å². The summed E-state index contributed by atoms with van der Waals surface area (Å²) in [6.07, 6.45) is 45.6. The van der Waals surface area contributed by atoms with E-state index in [1.165, 1.54) is 154 Å². The van der Waals surface area contributed by atoms with Gasteiger partial charge in [-0.2, -0.15) is 0 Å². The third-order valence-electron chi connectivity index (χ3n) is 15.1. The van der Waals surface area contributed by atoms with E-state index in [0.29, 0.717) is 39.0 Å². The van der Waals surface area contributed by atoms with Crippen LogP contribution in [-0.4, -0.2) is 118 Å². The second kappa shape index (κ2) is 48.6. The summed E-state index contributed by atoms with van der Waals surface area (Å²) in [5.41, 5.74) is 0. The largest absolute Gasteiger partial charge is 0.392 e. The van der Waals surface area contributed by atoms with Gasteiger partial charge < -0.3 is 31.1 Å². The van der Waals surface area contributed by atoms with Crippen LogP contribution in [0.3, 0.4) is 0 Å². The summed E-state index contributed by atoms with van der Waals surface area (Å²) >= 11 is 0. The van der Waals surface area contributed by atoms with Crippen LogP contribution in [0.25, 0.3) is 0 Å². The number of unbranched alkanes of at least 4 members (excludes halogenated alkanes) is 30. The second-order valence-corrected chi connectivity index (χ2v) is 22.3. The second-order valence-electron chi connectivity index (χ2n) is 22.3. The maximum atomic E-state index is 13.3. The van der Waals surface area contributed by atoms with Gasteiger partial charge in [0.1, 0.15) is 12.1 Å². The Bertz CT molecular complexity index is 1010. The lowest BCUT2D eigenvalue weighted by atomic mass is 10.0. The minimum Gasteiger partial charge on any atom is -0.392 e. The Morgan fingerprint density at radius 2 is 0.543 bits per heavy atom. The summed E-state index contributed by atoms with van der Waals surface area (Å²) in [5.74, 6) is -0.226. The van der Waals surface area contributed by atoms with Crippen LogP contribution in [0.1, 0.15) is 297 Å². The number of carbonyl (C=O) groups excluding carboxylic acids is 2. The fourth-order valence-corrected chi connectivity index (χ4v) is 10.6. The highest BCUT2D eigenvalue weighted by Gasteiger charge is 2.33. The molecule has 1 aliphatic heterocycles. The van der Waals surface area contributed by atoms with Gasteiger partial charge in [0.25, 0.3) is 0 Å². The Morgan fingerprint density at radius 1 is 0.329 bits per heavy atom. The molecule has 416 valence electrons. The molecule has 0 aliphatic carbocycles. The Hall–Kier alpha value is -1.30. The third kappa shape index (κ3) is 40.1. The van der Waals surface area contributed by atoms with E-state index in [9.17, 15) is 30.0 Å². The highest BCUT2D eigenvalue weighted by Crippen LogP contribution is 2.18. The quantitative estimate of drug-likeness (QED) is 0.0331. The summed E-state index contributed by atoms with van der Waals surface area (Å²) in [7, 11) is 0. The van der Waals surface area contributed by atoms with Gasteiger partial charge in [0.2, 0.25) is 11.8 Å². The van der Waals surface area contributed by atoms with Gasteiger partial charge in [-0.1, -0.05) is 233 Å². The van der Waals surface area contributed by atoms with Crippen LogP contribution < -0.4 is 10.6 Å². The van der Waals surface area contributed by atoms with E-state index in [1.807, 2.05) is 0 Å². The molecule has 0 saturated carbocycles. The molecular weight excluding hydrogens is 873 g/mol. The van der Waals surface area contributed by atoms with Crippen molar-refractivity contribution in [2.24, 2.45) is 0 Å². The fraction of sp³-hybridized carbons (Fsp3) is 0.967. The molecule has 6 atom stereocenters. The van der Waals surface area contributed by atoms with E-state index >= 15 is 0 Å². The van der Waals surface area contributed by atoms with E-state index in [1.54, 1.807) is 0 Å². The van der Waals surface area contributed by atoms with Gasteiger partial charge in [-0.3, -0.25) is 19.4 Å². The first kappa shape index (κ1) is 66.7. The van der Waals surface area contributed by atoms with Gasteiger partial charge in [0.05, 0.1) is 24.4 Å². The average Bonchev–Trinajstić information content (AvgIpc) is 3.33. The predicted octanol–water partition coefficient (Wildman–Crippen LogP) is 13.5. The highest BCUT2D eigenvalue weighted by atomic mass is 16.3. The molecule has 0 unspecified atom stereocenters. The Balaban J connectivity index is 2.60. The number of hydrogen-bond donors (Lipinski definition) is 6. The Morgan fingerprint density at radius 3 is 0.771 bits per heavy atom. The molecule has 1 rings (SSSR count). The molecule has 0 spiro atoms. The molecule has 70 heavy (non-hydrogen) atoms. The molecule has 1 heterocycles. The monoisotopic (exact) mass is 993 g/mol. The Labute approximate surface area is 433 Å². The van der Waals surface area contributed by atoms with Crippen LogP contribution >= 0.6 is 0 Å². The van der Waals surface area contributed by atoms with Crippen molar-refractivity contribution >= 4 is 11.8 Å². The lowest BCUT2D eigenvalue weighted by Crippen LogP contribution is -2.61. The zero-order valence-corrected chi connectivity index (χ0v) is 46.9. The van der Waals surface area contributed by atoms with E-state index < -0.39 is 36.5 Å². The summed E-state index contributed by atoms with van der Waals surface area (Å²) in [5, 5.41) is 50.3. The van der Waals surface area contributed by atoms with Crippen LogP contribution in [0, 0.1) is 0 Å². The van der Waals surface area contributed by atoms with Crippen molar-refractivity contribution in [2.45, 2.75) is 334 Å². The summed E-state index contributed by atoms with van der Waals surface area (Å²) < 4.78 is 0. The van der Waals surface area contributed by atoms with Gasteiger partial charge in [-0.25, -0.2) is 0 Å². The van der Waals surface area contributed by atoms with Crippen molar-refractivity contribution in [2.75, 3.05) is 39.3 Å². The zero-order chi connectivity index (χ0) is 51.1. The summed E-state index contributed by atoms with van der Waals surface area (Å²) in [6, 6.07) is -1.09. The normalized spacial score (nSPS) is 17.1. The van der Waals surface area contributed by atoms with Crippen molar-refractivity contribution in [1.82, 2.24) is 20.4 Å². The molecule has 6 N–H and O–H groups in total. The van der Waals surface area contributed by atoms with Crippen molar-refractivity contribution in [3.8, 4) is 0 Å². The van der Waals surface area contributed by atoms with E-state index in [-0.39, 0.29) is 11.8 Å². The number of aliphatic hydroxyl groups is 4. The minimum absolute atomic E-state index is 0.113. The number of hydrogen-bond acceptors (Lipinski definition) is 8. The highest BCUT2D eigenvalue weighted by molar-refractivity contribution is 5.96. The standard InChI is InChI=1S/C60H120N4O6/c1-5-9-13-17-21-25-29-33-41-53(65)49-63(50-54(66)42-34-30-26-22-18-14-10-6-2)47-39-37-45-57-59(69)62-58(60(70)61-57)46-38-40-48-64(51-55(67)43-35-31-27-23-19-15-11-7-3)52-56(68)44-36-32-28-24-20-16-12-8-4/h53-58,65-68H,5-52H2,1-4H3,(H,61,70)(H,62,69)/t53-,54-,55-,56-,57-,58-/m0/s1. The van der Waals surface area contributed by atoms with Crippen LogP contribution in [0.5, 0.6) is 0 Å². The van der Waals surface area contributed by atoms with Crippen LogP contribution in [0.2, 0.25) is 0 Å². The third-order valence-corrected chi connectivity index (χ3v) is 15.1. The minimum atomic E-state index is -0.544. The van der Waals surface area contributed by atoms with Crippen LogP contribution in [0.15, 0.2) is 0 Å². The van der Waals surface area contributed by atoms with Crippen LogP contribution in [0.4, 0.5) is 0 Å². The number of carbonyl (C=O) groups is 2. The zero-order valence-electron chi connectivity index (χ0n) is 46.9. The number of amides is 2. The molecule has 2 amide bonds. The van der Waals surface area contributed by atoms with Crippen molar-refractivity contribution in [1.29, 1.82) is 0 Å². The van der Waals surface area contributed by atoms with Gasteiger partial charge in [0.15, 0.2) is 0 Å². The SMILES string of the molecule is CCCCCCCCCC[C@H](O)CN(CCCC[C@@H]1NC(=O)[C@H](CCCCN(C[C@@H](O)CCCCCCCCCC)C[C@@H](O)CCCCCCCCCC)NC1=O)C[C@@H](O)CCCCCCCCCC. The molecule has 0 aromatic heterocycles. The first-order valence-electron chi connectivity index (χ1n) is 30.9. The molecule has 1 aliphatic rings. The first-order valence-corrected chi connectivity index (χ1v) is 30.9. The number of nitrogens with one attached hydrogen (secondary N) is 2. The smallest absolute Gasteiger partial charge is 0.243 e. The number of piperazine rings is 1. The molecule has 0 aromatic carbocycles. The summed E-state index contributed by atoms with van der Waals surface area (Å²) in [6.45, 7) is 12.7. The van der Waals surface area contributed by atoms with Crippen molar-refractivity contribution < 1.29 is 30.0 Å². The number of nitrogens with zero attached hydrogens (tertiary/aromatic N) is 2. The van der Waals surface area contributed by atoms with Gasteiger partial charge in [0, 0.05) is 26.2 Å². The maximum absolute atomic E-state index is 13.3. The lowest BCUT2D eigenvalue weighted by molar-refractivity contribution is -0.137. The number of rotatable bonds is 54. The Kier molecular flexibility index (Phi) is 46.3. The van der Waals surface area contributed by atoms with Crippen LogP contribution in [-0.2, 0) is 9.59 Å². The molecule has 0 aromatic rings. The van der Waals surface area contributed by atoms with Crippen molar-refractivity contribution in [3.05, 3.63) is 0 Å². The maximum Gasteiger partial charge on any atom is 0.243 e. The van der Waals surface area contributed by atoms with Gasteiger partial charge in [-0.05, 0) is 77.3 Å². The molecule has 10 nitrogen and oxygen atoms in total. The lowest BCUT2D eigenvalue weighted by Gasteiger charge is -2.31. The fourth-order valence-electron chi connectivity index (χ4n) is 10.6. The van der Waals surface area contributed by atoms with Gasteiger partial charge >= 0.3 is 0 Å². The van der Waals surface area contributed by atoms with E-state index in [0.717, 1.165) is 116 Å². The molecule has 1 saturated heterocycles.